The number of nitrogens with one attached hydrogen (secondary N) is 1. The number of benzene rings is 2. The second-order valence-electron chi connectivity index (χ2n) is 6.91. The first-order chi connectivity index (χ1) is 13.4. The van der Waals surface area contributed by atoms with Gasteiger partial charge in [-0.3, -0.25) is 0 Å². The Kier molecular flexibility index (Phi) is 4.43. The van der Waals surface area contributed by atoms with Crippen molar-refractivity contribution in [1.82, 2.24) is 19.2 Å². The monoisotopic (exact) mass is 377 g/mol. The van der Waals surface area contributed by atoms with Crippen molar-refractivity contribution in [2.75, 3.05) is 5.32 Å². The molecule has 0 saturated heterocycles. The van der Waals surface area contributed by atoms with Crippen molar-refractivity contribution in [2.45, 2.75) is 27.3 Å². The molecule has 0 aliphatic rings. The van der Waals surface area contributed by atoms with E-state index in [4.69, 9.17) is 0 Å². The lowest BCUT2D eigenvalue weighted by Gasteiger charge is -2.09. The smallest absolute Gasteiger partial charge is 0.325 e. The number of rotatable bonds is 4. The van der Waals surface area contributed by atoms with Gasteiger partial charge < -0.3 is 5.32 Å². The zero-order valence-electron chi connectivity index (χ0n) is 15.9. The average molecular weight is 377 g/mol. The van der Waals surface area contributed by atoms with Gasteiger partial charge in [-0.2, -0.15) is 0 Å². The van der Waals surface area contributed by atoms with Gasteiger partial charge in [-0.05, 0) is 61.7 Å². The second kappa shape index (κ2) is 6.92. The molecule has 4 rings (SSSR count). The molecule has 28 heavy (non-hydrogen) atoms. The molecule has 2 heterocycles. The molecule has 0 fully saturated rings. The molecule has 4 aromatic rings. The molecule has 0 saturated carbocycles. The number of hydrogen-bond donors (Lipinski definition) is 1. The Bertz CT molecular complexity index is 1240. The maximum absolute atomic E-state index is 13.5. The van der Waals surface area contributed by atoms with Crippen LogP contribution in [-0.2, 0) is 6.54 Å². The van der Waals surface area contributed by atoms with Crippen molar-refractivity contribution in [3.8, 4) is 0 Å². The van der Waals surface area contributed by atoms with Crippen LogP contribution >= 0.6 is 0 Å². The lowest BCUT2D eigenvalue weighted by Crippen LogP contribution is -2.23. The van der Waals surface area contributed by atoms with E-state index in [0.717, 1.165) is 16.9 Å². The topological polar surface area (TPSA) is 64.2 Å². The van der Waals surface area contributed by atoms with Gasteiger partial charge in [0.15, 0.2) is 5.65 Å². The van der Waals surface area contributed by atoms with E-state index in [2.05, 4.69) is 15.4 Å². The second-order valence-corrected chi connectivity index (χ2v) is 6.91. The standard InChI is InChI=1S/C21H20FN5O/c1-13-7-8-18(9-14(13)2)24-20-23-15(3)10-19-25-26(21(28)27(19)20)12-16-5-4-6-17(22)11-16/h4-11H,12H2,1-3H3,(H,23,24). The highest BCUT2D eigenvalue weighted by atomic mass is 19.1. The fourth-order valence-electron chi connectivity index (χ4n) is 3.10. The Balaban J connectivity index is 1.78. The molecule has 6 nitrogen and oxygen atoms in total. The summed E-state index contributed by atoms with van der Waals surface area (Å²) in [5, 5.41) is 7.62. The highest BCUT2D eigenvalue weighted by Gasteiger charge is 2.14. The number of fused-ring (bicyclic) bond motifs is 1. The summed E-state index contributed by atoms with van der Waals surface area (Å²) in [6, 6.07) is 13.9. The molecule has 0 amide bonds. The van der Waals surface area contributed by atoms with E-state index in [1.54, 1.807) is 18.2 Å². The number of aromatic nitrogens is 4. The van der Waals surface area contributed by atoms with Crippen molar-refractivity contribution < 1.29 is 4.39 Å². The van der Waals surface area contributed by atoms with Crippen LogP contribution in [0.1, 0.15) is 22.4 Å². The van der Waals surface area contributed by atoms with Crippen molar-refractivity contribution in [3.05, 3.63) is 87.2 Å². The first-order valence-electron chi connectivity index (χ1n) is 8.96. The summed E-state index contributed by atoms with van der Waals surface area (Å²) in [4.78, 5) is 17.4. The Labute approximate surface area is 161 Å². The summed E-state index contributed by atoms with van der Waals surface area (Å²) in [5.41, 5.74) is 4.72. The van der Waals surface area contributed by atoms with Crippen LogP contribution in [0, 0.1) is 26.6 Å². The van der Waals surface area contributed by atoms with Crippen LogP contribution in [0.15, 0.2) is 53.3 Å². The van der Waals surface area contributed by atoms with Crippen LogP contribution in [0.25, 0.3) is 5.65 Å². The van der Waals surface area contributed by atoms with Gasteiger partial charge in [-0.25, -0.2) is 23.3 Å². The predicted octanol–water partition coefficient (Wildman–Crippen LogP) is 3.75. The molecule has 0 unspecified atom stereocenters. The van der Waals surface area contributed by atoms with Crippen molar-refractivity contribution in [3.63, 3.8) is 0 Å². The maximum atomic E-state index is 13.5. The largest absolute Gasteiger partial charge is 0.353 e. The third-order valence-corrected chi connectivity index (χ3v) is 4.68. The van der Waals surface area contributed by atoms with Gasteiger partial charge in [-0.15, -0.1) is 5.10 Å². The SMILES string of the molecule is Cc1cc2nn(Cc3cccc(F)c3)c(=O)n2c(Nc2ccc(C)c(C)c2)n1. The number of anilines is 2. The summed E-state index contributed by atoms with van der Waals surface area (Å²) in [7, 11) is 0. The van der Waals surface area contributed by atoms with E-state index < -0.39 is 0 Å². The van der Waals surface area contributed by atoms with Crippen LogP contribution in [-0.4, -0.2) is 19.2 Å². The summed E-state index contributed by atoms with van der Waals surface area (Å²) >= 11 is 0. The van der Waals surface area contributed by atoms with Gasteiger partial charge in [-0.1, -0.05) is 18.2 Å². The first kappa shape index (κ1) is 17.9. The highest BCUT2D eigenvalue weighted by Crippen LogP contribution is 2.19. The molecule has 0 aliphatic carbocycles. The number of aryl methyl sites for hydroxylation is 3. The van der Waals surface area contributed by atoms with E-state index in [1.165, 1.54) is 26.8 Å². The van der Waals surface area contributed by atoms with E-state index in [1.807, 2.05) is 39.0 Å². The normalized spacial score (nSPS) is 11.1. The summed E-state index contributed by atoms with van der Waals surface area (Å²) in [5.74, 6) is 0.0534. The Morgan fingerprint density at radius 3 is 2.61 bits per heavy atom. The zero-order valence-corrected chi connectivity index (χ0v) is 15.9. The quantitative estimate of drug-likeness (QED) is 0.588. The molecule has 0 radical (unpaired) electrons. The van der Waals surface area contributed by atoms with Gasteiger partial charge in [0, 0.05) is 17.4 Å². The Morgan fingerprint density at radius 2 is 1.86 bits per heavy atom. The van der Waals surface area contributed by atoms with Crippen LogP contribution in [0.3, 0.4) is 0 Å². The fourth-order valence-corrected chi connectivity index (χ4v) is 3.10. The summed E-state index contributed by atoms with van der Waals surface area (Å²) in [6.45, 7) is 6.11. The van der Waals surface area contributed by atoms with Crippen LogP contribution < -0.4 is 11.0 Å². The van der Waals surface area contributed by atoms with Gasteiger partial charge in [0.25, 0.3) is 0 Å². The molecule has 2 aromatic heterocycles. The third-order valence-electron chi connectivity index (χ3n) is 4.68. The Hall–Kier alpha value is -3.48. The van der Waals surface area contributed by atoms with E-state index in [-0.39, 0.29) is 18.1 Å². The minimum Gasteiger partial charge on any atom is -0.325 e. The minimum atomic E-state index is -0.344. The first-order valence-corrected chi connectivity index (χ1v) is 8.96. The van der Waals surface area contributed by atoms with Crippen molar-refractivity contribution >= 4 is 17.3 Å². The number of hydrogen-bond acceptors (Lipinski definition) is 4. The van der Waals surface area contributed by atoms with Crippen molar-refractivity contribution in [2.24, 2.45) is 0 Å². The summed E-state index contributed by atoms with van der Waals surface area (Å²) < 4.78 is 16.2. The Morgan fingerprint density at radius 1 is 1.04 bits per heavy atom. The van der Waals surface area contributed by atoms with Gasteiger partial charge in [0.05, 0.1) is 6.54 Å². The highest BCUT2D eigenvalue weighted by molar-refractivity contribution is 5.58. The van der Waals surface area contributed by atoms with Gasteiger partial charge in [0.1, 0.15) is 5.82 Å². The molecule has 0 aliphatic heterocycles. The molecule has 2 aromatic carbocycles. The lowest BCUT2D eigenvalue weighted by atomic mass is 10.1. The lowest BCUT2D eigenvalue weighted by molar-refractivity contribution is 0.615. The number of halogens is 1. The summed E-state index contributed by atoms with van der Waals surface area (Å²) in [6.07, 6.45) is 0. The predicted molar refractivity (Wildman–Crippen MR) is 107 cm³/mol. The van der Waals surface area contributed by atoms with Gasteiger partial charge >= 0.3 is 5.69 Å². The number of nitrogens with zero attached hydrogens (tertiary/aromatic N) is 4. The molecule has 1 N–H and O–H groups in total. The van der Waals surface area contributed by atoms with Crippen LogP contribution in [0.5, 0.6) is 0 Å². The minimum absolute atomic E-state index is 0.181. The van der Waals surface area contributed by atoms with E-state index in [0.29, 0.717) is 17.2 Å². The van der Waals surface area contributed by atoms with Gasteiger partial charge in [0.2, 0.25) is 5.95 Å². The molecule has 0 atom stereocenters. The molecule has 7 heteroatoms. The van der Waals surface area contributed by atoms with E-state index in [9.17, 15) is 9.18 Å². The fraction of sp³-hybridized carbons (Fsp3) is 0.190. The molecule has 0 bridgehead atoms. The van der Waals surface area contributed by atoms with Crippen LogP contribution in [0.4, 0.5) is 16.0 Å². The maximum Gasteiger partial charge on any atom is 0.353 e. The average Bonchev–Trinajstić information content (AvgIpc) is 2.93. The third kappa shape index (κ3) is 3.38. The molecule has 142 valence electrons. The molecular weight excluding hydrogens is 357 g/mol. The molecule has 0 spiro atoms. The van der Waals surface area contributed by atoms with E-state index >= 15 is 0 Å². The van der Waals surface area contributed by atoms with Crippen molar-refractivity contribution in [1.29, 1.82) is 0 Å². The molecular formula is C21H20FN5O. The zero-order chi connectivity index (χ0) is 19.8. The van der Waals surface area contributed by atoms with Crippen LogP contribution in [0.2, 0.25) is 0 Å².